The fourth-order valence-electron chi connectivity index (χ4n) is 6.09. The molecule has 2 rings (SSSR count). The number of carbonyl (C=O) groups excluding carboxylic acids is 3. The average Bonchev–Trinajstić information content (AvgIpc) is 3.36. The van der Waals surface area contributed by atoms with Crippen molar-refractivity contribution in [2.75, 3.05) is 120 Å². The van der Waals surface area contributed by atoms with E-state index in [0.717, 1.165) is 0 Å². The largest absolute Gasteiger partial charge is 0.493 e. The molecule has 2 aromatic carbocycles. The predicted octanol–water partition coefficient (Wildman–Crippen LogP) is 5.34. The fraction of sp³-hybridized carbons (Fsp3) is 0.692. The molecule has 79 heavy (non-hydrogen) atoms. The Morgan fingerprint density at radius 1 is 0.544 bits per heavy atom. The summed E-state index contributed by atoms with van der Waals surface area (Å²) in [5.74, 6) is -0.865. The summed E-state index contributed by atoms with van der Waals surface area (Å²) >= 11 is 0. The smallest absolute Gasteiger partial charge is 0.308 e. The lowest BCUT2D eigenvalue weighted by Crippen LogP contribution is -2.27. The Kier molecular flexibility index (Phi) is 38.7. The Hall–Kier alpha value is -6.04. The zero-order valence-corrected chi connectivity index (χ0v) is 47.5. The van der Waals surface area contributed by atoms with E-state index in [0.29, 0.717) is 92.2 Å². The Bertz CT molecular complexity index is 2080. The molecule has 0 aliphatic heterocycles. The van der Waals surface area contributed by atoms with Crippen LogP contribution in [0.3, 0.4) is 0 Å². The van der Waals surface area contributed by atoms with Crippen molar-refractivity contribution in [2.45, 2.75) is 117 Å². The molecule has 0 heterocycles. The molecule has 0 fully saturated rings. The number of nitrogens with two attached hydrogens (primary N) is 1. The molecule has 27 heteroatoms. The summed E-state index contributed by atoms with van der Waals surface area (Å²) in [6, 6.07) is 5.09. The third kappa shape index (κ3) is 37.5. The fourth-order valence-corrected chi connectivity index (χ4v) is 6.09. The summed E-state index contributed by atoms with van der Waals surface area (Å²) in [4.78, 5) is 66.4. The van der Waals surface area contributed by atoms with Gasteiger partial charge in [0.25, 0.3) is 11.4 Å². The Morgan fingerprint density at radius 3 is 1.23 bits per heavy atom. The van der Waals surface area contributed by atoms with Crippen LogP contribution in [0.5, 0.6) is 23.0 Å². The van der Waals surface area contributed by atoms with Crippen molar-refractivity contribution in [1.82, 2.24) is 5.32 Å². The van der Waals surface area contributed by atoms with Gasteiger partial charge in [-0.1, -0.05) is 0 Å². The number of nitrogens with one attached hydrogen (secondary N) is 1. The lowest BCUT2D eigenvalue weighted by molar-refractivity contribution is -0.386. The van der Waals surface area contributed by atoms with Gasteiger partial charge in [-0.15, -0.1) is 0 Å². The number of benzene rings is 2. The van der Waals surface area contributed by atoms with Crippen LogP contribution in [0.15, 0.2) is 24.3 Å². The lowest BCUT2D eigenvalue weighted by atomic mass is 10.1. The van der Waals surface area contributed by atoms with E-state index >= 15 is 0 Å². The normalized spacial score (nSPS) is 11.9. The molecule has 6 N–H and O–H groups in total. The van der Waals surface area contributed by atoms with Gasteiger partial charge in [-0.3, -0.25) is 39.4 Å². The minimum absolute atomic E-state index is 0.0594. The number of aliphatic hydroxyl groups excluding tert-OH is 2. The number of amides is 1. The molecule has 0 spiro atoms. The van der Waals surface area contributed by atoms with Crippen LogP contribution in [0.4, 0.5) is 11.4 Å². The van der Waals surface area contributed by atoms with Crippen molar-refractivity contribution in [3.8, 4) is 23.0 Å². The monoisotopic (exact) mass is 1130 g/mol. The number of aliphatic carboxylic acids is 1. The zero-order chi connectivity index (χ0) is 59.8. The lowest BCUT2D eigenvalue weighted by Gasteiger charge is -2.19. The highest BCUT2D eigenvalue weighted by Crippen LogP contribution is 2.39. The number of nitro benzene ring substituents is 2. The highest BCUT2D eigenvalue weighted by Gasteiger charge is 2.24. The topological polar surface area (TPSA) is 364 Å². The number of carboxylic acids is 1. The quantitative estimate of drug-likeness (QED) is 0.0244. The van der Waals surface area contributed by atoms with Gasteiger partial charge in [0.2, 0.25) is 5.91 Å². The standard InChI is InChI=1S/C26H42N2O11.C13H17NO7.C13H27NO5/c1-19(29)20-17-22(34-5)23(18-21(20)28(32)33)38-10-6-7-24(30)27-9-12-36-14-16-37-15-13-35-11-8-25(31)39-26(2,3)4;1-8(15)9-6-11(20-2)12(7-10(9)14(18)19)21-5-3-4-13(16)17;1-13(2,3)19-12(15)4-6-16-8-10-18-11-9-17-7-5-14/h17-19,29H,6-16H2,1-5H3,(H,27,30);6-8,15H,3-5H2,1-2H3,(H,16,17);4-11,14H2,1-3H3. The third-order valence-corrected chi connectivity index (χ3v) is 9.58. The second-order valence-electron chi connectivity index (χ2n) is 18.8. The van der Waals surface area contributed by atoms with E-state index in [-0.39, 0.29) is 115 Å². The summed E-state index contributed by atoms with van der Waals surface area (Å²) in [6.45, 7) is 19.9. The van der Waals surface area contributed by atoms with Crippen LogP contribution in [-0.2, 0) is 57.1 Å². The number of nitro groups is 2. The first kappa shape index (κ1) is 73.0. The second-order valence-corrected chi connectivity index (χ2v) is 18.8. The van der Waals surface area contributed by atoms with Crippen LogP contribution in [0.25, 0.3) is 0 Å². The molecule has 1 amide bonds. The van der Waals surface area contributed by atoms with Crippen molar-refractivity contribution in [3.05, 3.63) is 55.6 Å². The number of nitrogens with zero attached hydrogens (tertiary/aromatic N) is 2. The molecule has 0 aliphatic carbocycles. The minimum Gasteiger partial charge on any atom is -0.493 e. The summed E-state index contributed by atoms with van der Waals surface area (Å²) in [7, 11) is 2.77. The van der Waals surface area contributed by atoms with E-state index in [2.05, 4.69) is 5.32 Å². The predicted molar refractivity (Wildman–Crippen MR) is 286 cm³/mol. The van der Waals surface area contributed by atoms with Crippen molar-refractivity contribution in [3.63, 3.8) is 0 Å². The molecule has 2 unspecified atom stereocenters. The van der Waals surface area contributed by atoms with E-state index < -0.39 is 39.2 Å². The van der Waals surface area contributed by atoms with Crippen LogP contribution in [-0.4, -0.2) is 180 Å². The first-order chi connectivity index (χ1) is 37.3. The van der Waals surface area contributed by atoms with Gasteiger partial charge in [0.1, 0.15) is 11.2 Å². The average molecular weight is 1140 g/mol. The minimum atomic E-state index is -1.04. The number of hydrogen-bond acceptors (Lipinski definition) is 23. The number of ether oxygens (including phenoxy) is 12. The van der Waals surface area contributed by atoms with Crippen molar-refractivity contribution in [1.29, 1.82) is 0 Å². The van der Waals surface area contributed by atoms with E-state index in [1.54, 1.807) is 0 Å². The Morgan fingerprint density at radius 2 is 0.899 bits per heavy atom. The Balaban J connectivity index is 0.00000128. The van der Waals surface area contributed by atoms with Gasteiger partial charge < -0.3 is 83.2 Å². The van der Waals surface area contributed by atoms with Gasteiger partial charge >= 0.3 is 17.9 Å². The van der Waals surface area contributed by atoms with E-state index in [1.165, 1.54) is 52.3 Å². The molecule has 452 valence electrons. The van der Waals surface area contributed by atoms with Gasteiger partial charge in [-0.05, 0) is 80.4 Å². The first-order valence-electron chi connectivity index (χ1n) is 25.7. The number of rotatable bonds is 39. The molecule has 0 aromatic heterocycles. The zero-order valence-electron chi connectivity index (χ0n) is 47.5. The van der Waals surface area contributed by atoms with Gasteiger partial charge in [0, 0.05) is 25.9 Å². The first-order valence-corrected chi connectivity index (χ1v) is 25.7. The highest BCUT2D eigenvalue weighted by molar-refractivity contribution is 5.75. The number of aliphatic hydroxyl groups is 2. The molecule has 2 atom stereocenters. The Labute approximate surface area is 462 Å². The molecule has 0 saturated heterocycles. The van der Waals surface area contributed by atoms with Crippen molar-refractivity contribution >= 4 is 35.2 Å². The summed E-state index contributed by atoms with van der Waals surface area (Å²) in [6.07, 6.45) is -0.825. The summed E-state index contributed by atoms with van der Waals surface area (Å²) in [5, 5.41) is 52.9. The summed E-state index contributed by atoms with van der Waals surface area (Å²) in [5.41, 5.74) is 4.01. The van der Waals surface area contributed by atoms with Crippen LogP contribution < -0.4 is 30.0 Å². The maximum atomic E-state index is 12.0. The SMILES string of the molecule is CC(C)(C)OC(=O)CCOCCOCCOCCN.COc1cc(C(C)O)c([N+](=O)[O-])cc1OCCCC(=O)NCCOCCOCCOCCC(=O)OC(C)(C)C.COc1cc(C(C)O)c([N+](=O)[O-])cc1OCCCC(=O)O. The van der Waals surface area contributed by atoms with Crippen molar-refractivity contribution in [2.24, 2.45) is 5.73 Å². The van der Waals surface area contributed by atoms with Gasteiger partial charge in [0.05, 0.1) is 165 Å². The van der Waals surface area contributed by atoms with Gasteiger partial charge in [-0.2, -0.15) is 0 Å². The van der Waals surface area contributed by atoms with E-state index in [4.69, 9.17) is 67.7 Å². The highest BCUT2D eigenvalue weighted by atomic mass is 16.6. The number of carbonyl (C=O) groups is 4. The number of carboxylic acid groups (broad SMARTS) is 1. The molecular weight excluding hydrogens is 1050 g/mol. The molecular formula is C52H86N4O23. The number of esters is 2. The molecule has 27 nitrogen and oxygen atoms in total. The second kappa shape index (κ2) is 41.9. The van der Waals surface area contributed by atoms with Crippen LogP contribution in [0.2, 0.25) is 0 Å². The van der Waals surface area contributed by atoms with Gasteiger partial charge in [-0.25, -0.2) is 0 Å². The number of hydrogen-bond donors (Lipinski definition) is 5. The van der Waals surface area contributed by atoms with Crippen LogP contribution >= 0.6 is 0 Å². The van der Waals surface area contributed by atoms with E-state index in [1.807, 2.05) is 41.5 Å². The van der Waals surface area contributed by atoms with Crippen LogP contribution in [0.1, 0.15) is 117 Å². The molecule has 0 aliphatic rings. The van der Waals surface area contributed by atoms with Gasteiger partial charge in [0.15, 0.2) is 23.0 Å². The molecule has 0 saturated carbocycles. The molecule has 0 radical (unpaired) electrons. The number of methoxy groups -OCH3 is 2. The molecule has 2 aromatic rings. The van der Waals surface area contributed by atoms with E-state index in [9.17, 15) is 49.6 Å². The van der Waals surface area contributed by atoms with Crippen LogP contribution in [0, 0.1) is 20.2 Å². The molecule has 0 bridgehead atoms. The maximum Gasteiger partial charge on any atom is 0.308 e. The summed E-state index contributed by atoms with van der Waals surface area (Å²) < 4.78 is 63.3. The van der Waals surface area contributed by atoms with Crippen molar-refractivity contribution < 1.29 is 101 Å². The third-order valence-electron chi connectivity index (χ3n) is 9.58. The maximum absolute atomic E-state index is 12.0.